The summed E-state index contributed by atoms with van der Waals surface area (Å²) in [4.78, 5) is 12.5. The van der Waals surface area contributed by atoms with Gasteiger partial charge in [-0.15, -0.1) is 0 Å². The molecule has 2 fully saturated rings. The third-order valence-corrected chi connectivity index (χ3v) is 4.00. The van der Waals surface area contributed by atoms with Gasteiger partial charge in [-0.3, -0.25) is 15.0 Å². The minimum atomic E-state index is -1.15. The molecule has 0 amide bonds. The van der Waals surface area contributed by atoms with Crippen LogP contribution < -0.4 is 4.74 Å². The molecular formula is C14H18N2O4. The van der Waals surface area contributed by atoms with Gasteiger partial charge in [0.1, 0.15) is 5.75 Å². The highest BCUT2D eigenvalue weighted by atomic mass is 16.6. The molecule has 1 aromatic carbocycles. The lowest BCUT2D eigenvalue weighted by Crippen LogP contribution is -2.48. The Morgan fingerprint density at radius 2 is 1.85 bits per heavy atom. The molecule has 0 bridgehead atoms. The van der Waals surface area contributed by atoms with Crippen molar-refractivity contribution in [2.24, 2.45) is 0 Å². The topological polar surface area (TPSA) is 75.8 Å². The van der Waals surface area contributed by atoms with Gasteiger partial charge in [0.05, 0.1) is 4.92 Å². The van der Waals surface area contributed by atoms with Crippen molar-refractivity contribution in [2.75, 3.05) is 13.1 Å². The molecule has 1 aromatic rings. The fraction of sp³-hybridized carbons (Fsp3) is 0.571. The van der Waals surface area contributed by atoms with Gasteiger partial charge >= 0.3 is 0 Å². The van der Waals surface area contributed by atoms with E-state index in [4.69, 9.17) is 4.74 Å². The maximum Gasteiger partial charge on any atom is 0.269 e. The van der Waals surface area contributed by atoms with Gasteiger partial charge in [0.2, 0.25) is 5.79 Å². The number of benzene rings is 1. The predicted molar refractivity (Wildman–Crippen MR) is 72.5 cm³/mol. The first-order valence-electron chi connectivity index (χ1n) is 6.96. The molecule has 1 aliphatic heterocycles. The zero-order valence-corrected chi connectivity index (χ0v) is 11.2. The molecule has 2 aliphatic rings. The van der Waals surface area contributed by atoms with Crippen LogP contribution in [-0.2, 0) is 0 Å². The molecule has 1 saturated carbocycles. The summed E-state index contributed by atoms with van der Waals surface area (Å²) in [6, 6.07) is 6.54. The number of piperidine rings is 1. The molecule has 20 heavy (non-hydrogen) atoms. The summed E-state index contributed by atoms with van der Waals surface area (Å²) in [5.41, 5.74) is 0.0212. The number of likely N-dealkylation sites (tertiary alicyclic amines) is 1. The molecule has 1 N–H and O–H groups in total. The van der Waals surface area contributed by atoms with Crippen LogP contribution in [-0.4, -0.2) is 39.8 Å². The zero-order chi connectivity index (χ0) is 14.2. The van der Waals surface area contributed by atoms with Gasteiger partial charge in [0, 0.05) is 44.1 Å². The van der Waals surface area contributed by atoms with E-state index in [-0.39, 0.29) is 5.69 Å². The van der Waals surface area contributed by atoms with Crippen molar-refractivity contribution < 1.29 is 14.8 Å². The minimum absolute atomic E-state index is 0.0212. The third-order valence-electron chi connectivity index (χ3n) is 4.00. The Bertz CT molecular complexity index is 490. The van der Waals surface area contributed by atoms with Crippen molar-refractivity contribution in [1.82, 2.24) is 4.90 Å². The van der Waals surface area contributed by atoms with Crippen molar-refractivity contribution in [1.29, 1.82) is 0 Å². The summed E-state index contributed by atoms with van der Waals surface area (Å²) >= 11 is 0. The van der Waals surface area contributed by atoms with Crippen LogP contribution in [0.25, 0.3) is 0 Å². The van der Waals surface area contributed by atoms with Gasteiger partial charge < -0.3 is 9.84 Å². The molecule has 1 heterocycles. The maximum atomic E-state index is 10.6. The molecule has 0 aromatic heterocycles. The van der Waals surface area contributed by atoms with Crippen LogP contribution >= 0.6 is 0 Å². The first-order chi connectivity index (χ1) is 9.56. The van der Waals surface area contributed by atoms with Crippen LogP contribution in [0.2, 0.25) is 0 Å². The Kier molecular flexibility index (Phi) is 3.35. The van der Waals surface area contributed by atoms with E-state index in [2.05, 4.69) is 4.90 Å². The standard InChI is InChI=1S/C14H18N2O4/c17-14(7-9-15(10-8-14)11-1-2-11)20-13-5-3-12(4-6-13)16(18)19/h3-6,11,17H,1-2,7-10H2. The second-order valence-electron chi connectivity index (χ2n) is 5.57. The highest BCUT2D eigenvalue weighted by molar-refractivity contribution is 5.36. The number of rotatable bonds is 4. The molecule has 6 nitrogen and oxygen atoms in total. The largest absolute Gasteiger partial charge is 0.462 e. The fourth-order valence-electron chi connectivity index (χ4n) is 2.64. The Morgan fingerprint density at radius 3 is 2.35 bits per heavy atom. The van der Waals surface area contributed by atoms with E-state index in [0.29, 0.717) is 24.6 Å². The quantitative estimate of drug-likeness (QED) is 0.517. The number of aliphatic hydroxyl groups is 1. The summed E-state index contributed by atoms with van der Waals surface area (Å²) < 4.78 is 5.63. The molecule has 3 rings (SSSR count). The van der Waals surface area contributed by atoms with Crippen LogP contribution in [0.3, 0.4) is 0 Å². The lowest BCUT2D eigenvalue weighted by Gasteiger charge is -2.38. The minimum Gasteiger partial charge on any atom is -0.462 e. The third kappa shape index (κ3) is 2.91. The molecule has 6 heteroatoms. The fourth-order valence-corrected chi connectivity index (χ4v) is 2.64. The van der Waals surface area contributed by atoms with E-state index in [9.17, 15) is 15.2 Å². The SMILES string of the molecule is O=[N+]([O-])c1ccc(OC2(O)CCN(C3CC3)CC2)cc1. The molecule has 0 atom stereocenters. The van der Waals surface area contributed by atoms with Crippen molar-refractivity contribution in [3.05, 3.63) is 34.4 Å². The molecule has 1 aliphatic carbocycles. The summed E-state index contributed by atoms with van der Waals surface area (Å²) in [7, 11) is 0. The first-order valence-corrected chi connectivity index (χ1v) is 6.96. The highest BCUT2D eigenvalue weighted by Crippen LogP contribution is 2.33. The van der Waals surface area contributed by atoms with Crippen molar-refractivity contribution >= 4 is 5.69 Å². The van der Waals surface area contributed by atoms with Crippen molar-refractivity contribution in [3.8, 4) is 5.75 Å². The van der Waals surface area contributed by atoms with E-state index in [1.807, 2.05) is 0 Å². The number of hydrogen-bond acceptors (Lipinski definition) is 5. The van der Waals surface area contributed by atoms with E-state index >= 15 is 0 Å². The normalized spacial score (nSPS) is 22.4. The monoisotopic (exact) mass is 278 g/mol. The molecular weight excluding hydrogens is 260 g/mol. The maximum absolute atomic E-state index is 10.6. The van der Waals surface area contributed by atoms with E-state index in [1.165, 1.54) is 37.1 Å². The molecule has 0 spiro atoms. The van der Waals surface area contributed by atoms with Crippen LogP contribution in [0.1, 0.15) is 25.7 Å². The zero-order valence-electron chi connectivity index (χ0n) is 11.2. The number of hydrogen-bond donors (Lipinski definition) is 1. The number of nitrogens with zero attached hydrogens (tertiary/aromatic N) is 2. The second kappa shape index (κ2) is 5.03. The van der Waals surface area contributed by atoms with Gasteiger partial charge in [-0.1, -0.05) is 0 Å². The Hall–Kier alpha value is -1.66. The molecule has 0 radical (unpaired) electrons. The Morgan fingerprint density at radius 1 is 1.25 bits per heavy atom. The Labute approximate surface area is 117 Å². The van der Waals surface area contributed by atoms with E-state index in [1.54, 1.807) is 0 Å². The number of nitro benzene ring substituents is 1. The highest BCUT2D eigenvalue weighted by Gasteiger charge is 2.39. The Balaban J connectivity index is 1.60. The smallest absolute Gasteiger partial charge is 0.269 e. The lowest BCUT2D eigenvalue weighted by molar-refractivity contribution is -0.384. The molecule has 0 unspecified atom stereocenters. The lowest BCUT2D eigenvalue weighted by atomic mass is 10.0. The second-order valence-corrected chi connectivity index (χ2v) is 5.57. The van der Waals surface area contributed by atoms with E-state index in [0.717, 1.165) is 13.1 Å². The summed E-state index contributed by atoms with van der Waals surface area (Å²) in [5.74, 6) is -0.681. The number of non-ortho nitro benzene ring substituents is 1. The average Bonchev–Trinajstić information content (AvgIpc) is 3.24. The van der Waals surface area contributed by atoms with Gasteiger partial charge in [-0.25, -0.2) is 0 Å². The van der Waals surface area contributed by atoms with Crippen LogP contribution in [0.15, 0.2) is 24.3 Å². The molecule has 1 saturated heterocycles. The van der Waals surface area contributed by atoms with E-state index < -0.39 is 10.7 Å². The van der Waals surface area contributed by atoms with Crippen LogP contribution in [0, 0.1) is 10.1 Å². The first kappa shape index (κ1) is 13.3. The van der Waals surface area contributed by atoms with Crippen LogP contribution in [0.4, 0.5) is 5.69 Å². The number of ether oxygens (including phenoxy) is 1. The molecule has 108 valence electrons. The van der Waals surface area contributed by atoms with Gasteiger partial charge in [-0.05, 0) is 25.0 Å². The van der Waals surface area contributed by atoms with Crippen molar-refractivity contribution in [3.63, 3.8) is 0 Å². The summed E-state index contributed by atoms with van der Waals surface area (Å²) in [6.07, 6.45) is 3.67. The number of nitro groups is 1. The van der Waals surface area contributed by atoms with Crippen LogP contribution in [0.5, 0.6) is 5.75 Å². The summed E-state index contributed by atoms with van der Waals surface area (Å²) in [5, 5.41) is 21.0. The predicted octanol–water partition coefficient (Wildman–Crippen LogP) is 1.92. The van der Waals surface area contributed by atoms with Gasteiger partial charge in [0.25, 0.3) is 5.69 Å². The van der Waals surface area contributed by atoms with Gasteiger partial charge in [0.15, 0.2) is 0 Å². The van der Waals surface area contributed by atoms with Gasteiger partial charge in [-0.2, -0.15) is 0 Å². The van der Waals surface area contributed by atoms with Crippen molar-refractivity contribution in [2.45, 2.75) is 37.5 Å². The summed E-state index contributed by atoms with van der Waals surface area (Å²) in [6.45, 7) is 1.68. The average molecular weight is 278 g/mol.